The molecule has 1 aliphatic rings. The Bertz CT molecular complexity index is 503. The van der Waals surface area contributed by atoms with Crippen LogP contribution in [0, 0.1) is 6.92 Å². The van der Waals surface area contributed by atoms with Crippen LogP contribution in [-0.2, 0) is 9.84 Å². The van der Waals surface area contributed by atoms with Crippen LogP contribution in [0.2, 0.25) is 0 Å². The van der Waals surface area contributed by atoms with Gasteiger partial charge in [0.1, 0.15) is 0 Å². The first-order valence-corrected chi connectivity index (χ1v) is 7.07. The Morgan fingerprint density at radius 1 is 1.50 bits per heavy atom. The molecule has 0 aliphatic carbocycles. The average Bonchev–Trinajstić information content (AvgIpc) is 2.38. The van der Waals surface area contributed by atoms with Crippen LogP contribution in [0.1, 0.15) is 30.4 Å². The lowest BCUT2D eigenvalue weighted by atomic mass is 9.92. The fourth-order valence-corrected chi connectivity index (χ4v) is 4.44. The van der Waals surface area contributed by atoms with Gasteiger partial charge in [-0.15, -0.1) is 0 Å². The fraction of sp³-hybridized carbons (Fsp3) is 0.500. The van der Waals surface area contributed by atoms with Gasteiger partial charge >= 0.3 is 0 Å². The molecule has 1 aromatic carbocycles. The highest BCUT2D eigenvalue weighted by molar-refractivity contribution is 7.91. The molecule has 16 heavy (non-hydrogen) atoms. The van der Waals surface area contributed by atoms with E-state index in [-0.39, 0.29) is 11.7 Å². The van der Waals surface area contributed by atoms with Crippen LogP contribution in [0.5, 0.6) is 0 Å². The summed E-state index contributed by atoms with van der Waals surface area (Å²) in [6.45, 7) is 3.62. The van der Waals surface area contributed by atoms with Gasteiger partial charge in [-0.2, -0.15) is 0 Å². The summed E-state index contributed by atoms with van der Waals surface area (Å²) >= 11 is 0. The molecule has 1 aliphatic heterocycles. The van der Waals surface area contributed by atoms with Crippen molar-refractivity contribution in [3.63, 3.8) is 0 Å². The standard InChI is InChI=1S/C12H16O3S/c1-8-4-3-5-11-12(8)10(6-9(2)13)7-16(11,14)15/h3-5,9-10,13H,6-7H2,1-2H3. The van der Waals surface area contributed by atoms with Crippen molar-refractivity contribution in [1.82, 2.24) is 0 Å². The first kappa shape index (κ1) is 11.6. The molecule has 0 spiro atoms. The van der Waals surface area contributed by atoms with Gasteiger partial charge in [0.25, 0.3) is 0 Å². The van der Waals surface area contributed by atoms with Gasteiger partial charge in [-0.1, -0.05) is 12.1 Å². The number of benzene rings is 1. The summed E-state index contributed by atoms with van der Waals surface area (Å²) in [5, 5.41) is 9.40. The first-order valence-electron chi connectivity index (χ1n) is 5.42. The maximum absolute atomic E-state index is 11.9. The van der Waals surface area contributed by atoms with Gasteiger partial charge in [-0.3, -0.25) is 0 Å². The number of sulfone groups is 1. The summed E-state index contributed by atoms with van der Waals surface area (Å²) in [5.41, 5.74) is 1.91. The second kappa shape index (κ2) is 3.86. The van der Waals surface area contributed by atoms with Crippen molar-refractivity contribution in [2.75, 3.05) is 5.75 Å². The molecule has 1 heterocycles. The Balaban J connectivity index is 2.52. The molecule has 2 unspecified atom stereocenters. The predicted molar refractivity (Wildman–Crippen MR) is 62.3 cm³/mol. The third-order valence-corrected chi connectivity index (χ3v) is 4.94. The number of hydrogen-bond acceptors (Lipinski definition) is 3. The molecule has 2 atom stereocenters. The minimum Gasteiger partial charge on any atom is -0.393 e. The molecule has 0 radical (unpaired) electrons. The fourth-order valence-electron chi connectivity index (χ4n) is 2.48. The lowest BCUT2D eigenvalue weighted by Crippen LogP contribution is -2.11. The van der Waals surface area contributed by atoms with Gasteiger partial charge < -0.3 is 5.11 Å². The Morgan fingerprint density at radius 2 is 2.19 bits per heavy atom. The number of aliphatic hydroxyl groups excluding tert-OH is 1. The largest absolute Gasteiger partial charge is 0.393 e. The molecule has 4 heteroatoms. The maximum atomic E-state index is 11.9. The highest BCUT2D eigenvalue weighted by Crippen LogP contribution is 2.39. The highest BCUT2D eigenvalue weighted by Gasteiger charge is 2.35. The summed E-state index contributed by atoms with van der Waals surface area (Å²) in [6.07, 6.45) is 0.0441. The molecular formula is C12H16O3S. The SMILES string of the molecule is Cc1cccc2c1C(CC(C)O)CS2(=O)=O. The molecule has 0 saturated carbocycles. The van der Waals surface area contributed by atoms with Crippen molar-refractivity contribution in [2.24, 2.45) is 0 Å². The van der Waals surface area contributed by atoms with Gasteiger partial charge in [0.2, 0.25) is 0 Å². The average molecular weight is 240 g/mol. The van der Waals surface area contributed by atoms with Gasteiger partial charge in [0.05, 0.1) is 16.8 Å². The van der Waals surface area contributed by atoms with E-state index in [1.807, 2.05) is 13.0 Å². The zero-order chi connectivity index (χ0) is 11.9. The van der Waals surface area contributed by atoms with Crippen molar-refractivity contribution >= 4 is 9.84 Å². The van der Waals surface area contributed by atoms with E-state index in [1.165, 1.54) is 0 Å². The predicted octanol–water partition coefficient (Wildman–Crippen LogP) is 1.64. The van der Waals surface area contributed by atoms with E-state index in [9.17, 15) is 13.5 Å². The molecule has 2 rings (SSSR count). The Kier molecular flexibility index (Phi) is 2.80. The smallest absolute Gasteiger partial charge is 0.179 e. The van der Waals surface area contributed by atoms with Crippen LogP contribution < -0.4 is 0 Å². The number of hydrogen-bond donors (Lipinski definition) is 1. The number of rotatable bonds is 2. The normalized spacial score (nSPS) is 24.1. The van der Waals surface area contributed by atoms with E-state index in [1.54, 1.807) is 19.1 Å². The Morgan fingerprint density at radius 3 is 2.81 bits per heavy atom. The highest BCUT2D eigenvalue weighted by atomic mass is 32.2. The van der Waals surface area contributed by atoms with Crippen molar-refractivity contribution < 1.29 is 13.5 Å². The zero-order valence-electron chi connectivity index (χ0n) is 9.47. The van der Waals surface area contributed by atoms with E-state index in [0.717, 1.165) is 11.1 Å². The van der Waals surface area contributed by atoms with Crippen LogP contribution in [0.4, 0.5) is 0 Å². The zero-order valence-corrected chi connectivity index (χ0v) is 10.3. The number of aliphatic hydroxyl groups is 1. The monoisotopic (exact) mass is 240 g/mol. The molecule has 3 nitrogen and oxygen atoms in total. The van der Waals surface area contributed by atoms with Crippen molar-refractivity contribution in [2.45, 2.75) is 37.2 Å². The van der Waals surface area contributed by atoms with Gasteiger partial charge in [0, 0.05) is 5.92 Å². The van der Waals surface area contributed by atoms with E-state index in [4.69, 9.17) is 0 Å². The minimum absolute atomic E-state index is 0.0544. The van der Waals surface area contributed by atoms with Crippen molar-refractivity contribution in [3.05, 3.63) is 29.3 Å². The second-order valence-electron chi connectivity index (χ2n) is 4.55. The number of aryl methyl sites for hydroxylation is 1. The summed E-state index contributed by atoms with van der Waals surface area (Å²) in [7, 11) is -3.13. The number of fused-ring (bicyclic) bond motifs is 1. The summed E-state index contributed by atoms with van der Waals surface area (Å²) in [4.78, 5) is 0.457. The van der Waals surface area contributed by atoms with E-state index >= 15 is 0 Å². The Hall–Kier alpha value is -0.870. The Labute approximate surface area is 96.0 Å². The summed E-state index contributed by atoms with van der Waals surface area (Å²) in [5.74, 6) is 0.0825. The third-order valence-electron chi connectivity index (χ3n) is 3.07. The third kappa shape index (κ3) is 1.87. The lowest BCUT2D eigenvalue weighted by Gasteiger charge is -2.13. The van der Waals surface area contributed by atoms with Crippen LogP contribution in [-0.4, -0.2) is 25.4 Å². The lowest BCUT2D eigenvalue weighted by molar-refractivity contribution is 0.177. The topological polar surface area (TPSA) is 54.4 Å². The quantitative estimate of drug-likeness (QED) is 0.855. The molecule has 1 N–H and O–H groups in total. The van der Waals surface area contributed by atoms with E-state index in [0.29, 0.717) is 11.3 Å². The molecule has 0 saturated heterocycles. The summed E-state index contributed by atoms with van der Waals surface area (Å²) in [6, 6.07) is 5.37. The molecule has 0 amide bonds. The van der Waals surface area contributed by atoms with Gasteiger partial charge in [-0.25, -0.2) is 8.42 Å². The minimum atomic E-state index is -3.13. The van der Waals surface area contributed by atoms with E-state index in [2.05, 4.69) is 0 Å². The molecular weight excluding hydrogens is 224 g/mol. The molecule has 1 aromatic rings. The van der Waals surface area contributed by atoms with Crippen LogP contribution in [0.3, 0.4) is 0 Å². The first-order chi connectivity index (χ1) is 7.42. The van der Waals surface area contributed by atoms with Gasteiger partial charge in [0.15, 0.2) is 9.84 Å². The molecule has 0 aromatic heterocycles. The van der Waals surface area contributed by atoms with Crippen LogP contribution in [0.15, 0.2) is 23.1 Å². The van der Waals surface area contributed by atoms with Crippen LogP contribution in [0.25, 0.3) is 0 Å². The van der Waals surface area contributed by atoms with Crippen LogP contribution >= 0.6 is 0 Å². The molecule has 0 fully saturated rings. The van der Waals surface area contributed by atoms with E-state index < -0.39 is 15.9 Å². The molecule has 0 bridgehead atoms. The molecule has 88 valence electrons. The van der Waals surface area contributed by atoms with Gasteiger partial charge in [-0.05, 0) is 37.5 Å². The van der Waals surface area contributed by atoms with Crippen molar-refractivity contribution in [1.29, 1.82) is 0 Å². The summed E-state index contributed by atoms with van der Waals surface area (Å²) < 4.78 is 23.8. The maximum Gasteiger partial charge on any atom is 0.179 e. The van der Waals surface area contributed by atoms with Crippen molar-refractivity contribution in [3.8, 4) is 0 Å². The second-order valence-corrected chi connectivity index (χ2v) is 6.55.